The molecule has 0 spiro atoms. The van der Waals surface area contributed by atoms with Crippen molar-refractivity contribution in [1.82, 2.24) is 0 Å². The molecule has 2 aromatic rings. The predicted molar refractivity (Wildman–Crippen MR) is 110 cm³/mol. The molecule has 5 nitrogen and oxygen atoms in total. The number of ether oxygens (including phenoxy) is 1. The highest BCUT2D eigenvalue weighted by atomic mass is 19.2. The Bertz CT molecular complexity index is 1160. The van der Waals surface area contributed by atoms with Gasteiger partial charge in [-0.25, -0.2) is 8.78 Å². The minimum atomic E-state index is -0.893. The van der Waals surface area contributed by atoms with Gasteiger partial charge in [-0.2, -0.15) is 9.59 Å². The smallest absolute Gasteiger partial charge is 0.373 e. The van der Waals surface area contributed by atoms with Gasteiger partial charge in [0.05, 0.1) is 29.6 Å². The van der Waals surface area contributed by atoms with Crippen molar-refractivity contribution < 1.29 is 33.0 Å². The van der Waals surface area contributed by atoms with Crippen LogP contribution in [0.5, 0.6) is 0 Å². The molecule has 1 N–H and O–H groups in total. The van der Waals surface area contributed by atoms with Crippen molar-refractivity contribution >= 4 is 17.5 Å². The highest BCUT2D eigenvalue weighted by molar-refractivity contribution is 6.26. The molecular weight excluding hydrogens is 418 g/mol. The van der Waals surface area contributed by atoms with Gasteiger partial charge >= 0.3 is 6.15 Å². The van der Waals surface area contributed by atoms with Crippen LogP contribution in [0.25, 0.3) is 5.57 Å². The number of carbonyl (C=O) groups is 1. The van der Waals surface area contributed by atoms with Crippen LogP contribution in [0.15, 0.2) is 36.1 Å². The Morgan fingerprint density at radius 3 is 2.22 bits per heavy atom. The molecule has 7 heteroatoms. The molecule has 2 bridgehead atoms. The number of hydrogen-bond acceptors (Lipinski definition) is 5. The van der Waals surface area contributed by atoms with E-state index >= 15 is 0 Å². The summed E-state index contributed by atoms with van der Waals surface area (Å²) in [4.78, 5) is 29.6. The minimum absolute atomic E-state index is 0.0706. The molecule has 0 saturated carbocycles. The van der Waals surface area contributed by atoms with Gasteiger partial charge < -0.3 is 9.84 Å². The number of Topliss-reactive ketones (excluding diaryl/α,β-unsaturated/α-hetero) is 1. The van der Waals surface area contributed by atoms with Crippen LogP contribution in [0.2, 0.25) is 0 Å². The molecule has 5 rings (SSSR count). The van der Waals surface area contributed by atoms with Gasteiger partial charge in [0.15, 0.2) is 17.4 Å². The van der Waals surface area contributed by atoms with Crippen molar-refractivity contribution in [1.29, 1.82) is 0 Å². The second kappa shape index (κ2) is 8.08. The van der Waals surface area contributed by atoms with Crippen molar-refractivity contribution in [2.75, 3.05) is 0 Å². The molecule has 3 aliphatic rings. The number of halogens is 2. The van der Waals surface area contributed by atoms with Gasteiger partial charge in [0.25, 0.3) is 0 Å². The summed E-state index contributed by atoms with van der Waals surface area (Å²) in [5.41, 5.74) is 4.88. The maximum atomic E-state index is 13.8. The highest BCUT2D eigenvalue weighted by Crippen LogP contribution is 2.58. The summed E-state index contributed by atoms with van der Waals surface area (Å²) in [6, 6.07) is 7.91. The Morgan fingerprint density at radius 2 is 1.62 bits per heavy atom. The summed E-state index contributed by atoms with van der Waals surface area (Å²) in [5, 5.41) is 11.1. The van der Waals surface area contributed by atoms with Crippen molar-refractivity contribution in [2.45, 2.75) is 45.3 Å². The van der Waals surface area contributed by atoms with E-state index in [1.807, 2.05) is 32.9 Å². The van der Waals surface area contributed by atoms with Gasteiger partial charge in [-0.15, -0.1) is 0 Å². The standard InChI is InChI=1S/C24H22F2O3.CO2/c1-10-6-11(2)18(12(3)7-10)20-22(27)19-17-9-14(24(29-17)21(19)23(20)28)13-4-5-15(25)16(26)8-13;2-1-3/h4-8,14,17,19,21,24,28H,9H2,1-3H3;/t14-,17-,19-,21+,24+;/m0./s1. The fraction of sp³-hybridized carbons (Fsp3) is 0.360. The van der Waals surface area contributed by atoms with Crippen LogP contribution in [0.3, 0.4) is 0 Å². The molecule has 0 amide bonds. The number of allylic oxidation sites excluding steroid dienone is 1. The molecule has 5 atom stereocenters. The summed E-state index contributed by atoms with van der Waals surface area (Å²) in [5.74, 6) is -2.79. The Kier molecular flexibility index (Phi) is 5.57. The molecule has 32 heavy (non-hydrogen) atoms. The fourth-order valence-corrected chi connectivity index (χ4v) is 5.75. The first kappa shape index (κ1) is 22.1. The third-order valence-corrected chi connectivity index (χ3v) is 6.78. The van der Waals surface area contributed by atoms with Crippen molar-refractivity contribution in [2.24, 2.45) is 11.8 Å². The maximum absolute atomic E-state index is 13.8. The number of aliphatic hydroxyl groups excluding tert-OH is 1. The van der Waals surface area contributed by atoms with Crippen LogP contribution < -0.4 is 0 Å². The van der Waals surface area contributed by atoms with E-state index in [2.05, 4.69) is 0 Å². The molecule has 2 aliphatic heterocycles. The number of aryl methyl sites for hydroxylation is 3. The van der Waals surface area contributed by atoms with Gasteiger partial charge in [-0.1, -0.05) is 23.8 Å². The van der Waals surface area contributed by atoms with E-state index in [4.69, 9.17) is 14.3 Å². The van der Waals surface area contributed by atoms with E-state index in [9.17, 15) is 18.7 Å². The van der Waals surface area contributed by atoms with Gasteiger partial charge in [0, 0.05) is 5.92 Å². The Balaban J connectivity index is 0.000000775. The summed E-state index contributed by atoms with van der Waals surface area (Å²) in [7, 11) is 0. The van der Waals surface area contributed by atoms with Gasteiger partial charge in [-0.3, -0.25) is 4.79 Å². The first-order valence-corrected chi connectivity index (χ1v) is 10.3. The Labute approximate surface area is 183 Å². The number of aliphatic hydroxyl groups is 1. The zero-order chi connectivity index (χ0) is 23.3. The quantitative estimate of drug-likeness (QED) is 0.751. The molecule has 2 fully saturated rings. The Hall–Kier alpha value is -3.15. The average molecular weight is 440 g/mol. The van der Waals surface area contributed by atoms with Crippen LogP contribution in [0.4, 0.5) is 8.78 Å². The van der Waals surface area contributed by atoms with Crippen LogP contribution in [0.1, 0.15) is 40.2 Å². The van der Waals surface area contributed by atoms with E-state index in [-0.39, 0.29) is 29.7 Å². The lowest BCUT2D eigenvalue weighted by Crippen LogP contribution is -2.33. The van der Waals surface area contributed by atoms with Gasteiger partial charge in [0.1, 0.15) is 5.76 Å². The van der Waals surface area contributed by atoms with Gasteiger partial charge in [-0.05, 0) is 61.6 Å². The number of ketones is 1. The molecular formula is C25H22F2O5. The minimum Gasteiger partial charge on any atom is -0.511 e. The summed E-state index contributed by atoms with van der Waals surface area (Å²) >= 11 is 0. The normalized spacial score (nSPS) is 27.8. The second-order valence-corrected chi connectivity index (χ2v) is 8.69. The van der Waals surface area contributed by atoms with Crippen molar-refractivity contribution in [3.8, 4) is 0 Å². The molecule has 1 aliphatic carbocycles. The van der Waals surface area contributed by atoms with Crippen molar-refractivity contribution in [3.63, 3.8) is 0 Å². The predicted octanol–water partition coefficient (Wildman–Crippen LogP) is 4.35. The van der Waals surface area contributed by atoms with Crippen molar-refractivity contribution in [3.05, 3.63) is 75.5 Å². The Morgan fingerprint density at radius 1 is 1.00 bits per heavy atom. The van der Waals surface area contributed by atoms with E-state index in [0.29, 0.717) is 17.6 Å². The molecule has 0 aromatic heterocycles. The number of benzene rings is 2. The van der Waals surface area contributed by atoms with E-state index < -0.39 is 29.6 Å². The second-order valence-electron chi connectivity index (χ2n) is 8.69. The number of fused-ring (bicyclic) bond motifs is 5. The number of rotatable bonds is 2. The van der Waals surface area contributed by atoms with Crippen LogP contribution in [-0.2, 0) is 19.1 Å². The first-order chi connectivity index (χ1) is 15.2. The van der Waals surface area contributed by atoms with E-state index in [1.165, 1.54) is 6.07 Å². The fourth-order valence-electron chi connectivity index (χ4n) is 5.75. The molecule has 2 saturated heterocycles. The number of carbonyl (C=O) groups excluding carboxylic acids is 3. The largest absolute Gasteiger partial charge is 0.511 e. The van der Waals surface area contributed by atoms with Crippen LogP contribution in [-0.4, -0.2) is 29.2 Å². The third-order valence-electron chi connectivity index (χ3n) is 6.78. The van der Waals surface area contributed by atoms with Crippen LogP contribution in [0, 0.1) is 44.2 Å². The summed E-state index contributed by atoms with van der Waals surface area (Å²) < 4.78 is 33.2. The highest BCUT2D eigenvalue weighted by Gasteiger charge is 2.62. The molecule has 0 radical (unpaired) electrons. The molecule has 166 valence electrons. The molecule has 2 heterocycles. The zero-order valence-corrected chi connectivity index (χ0v) is 17.8. The summed E-state index contributed by atoms with van der Waals surface area (Å²) in [6.45, 7) is 5.90. The third kappa shape index (κ3) is 3.29. The van der Waals surface area contributed by atoms with E-state index in [0.717, 1.165) is 28.3 Å². The summed E-state index contributed by atoms with van der Waals surface area (Å²) in [6.07, 6.45) is 0.0819. The maximum Gasteiger partial charge on any atom is 0.373 e. The topological polar surface area (TPSA) is 80.7 Å². The first-order valence-electron chi connectivity index (χ1n) is 10.3. The molecule has 2 aromatic carbocycles. The van der Waals surface area contributed by atoms with E-state index in [1.54, 1.807) is 6.07 Å². The molecule has 0 unspecified atom stereocenters. The lowest BCUT2D eigenvalue weighted by molar-refractivity contribution is -0.191. The lowest BCUT2D eigenvalue weighted by atomic mass is 9.72. The monoisotopic (exact) mass is 440 g/mol. The lowest BCUT2D eigenvalue weighted by Gasteiger charge is -2.27. The average Bonchev–Trinajstić information content (AvgIpc) is 3.37. The zero-order valence-electron chi connectivity index (χ0n) is 17.8. The van der Waals surface area contributed by atoms with Crippen LogP contribution >= 0.6 is 0 Å². The van der Waals surface area contributed by atoms with Gasteiger partial charge in [0.2, 0.25) is 0 Å². The number of hydrogen-bond donors (Lipinski definition) is 1. The SMILES string of the molecule is Cc1cc(C)c(C2=C(O)[C@@H]3[C@@H]4O[C@@H](C[C@H]4c4ccc(F)c(F)c4)[C@@H]3C2=O)c(C)c1.O=C=O.